The maximum absolute atomic E-state index is 11.2. The molecule has 1 atom stereocenters. The second-order valence-corrected chi connectivity index (χ2v) is 4.03. The van der Waals surface area contributed by atoms with Crippen molar-refractivity contribution >= 4 is 11.7 Å². The van der Waals surface area contributed by atoms with Gasteiger partial charge in [0.25, 0.3) is 0 Å². The third-order valence-corrected chi connectivity index (χ3v) is 2.91. The Morgan fingerprint density at radius 2 is 2.44 bits per heavy atom. The highest BCUT2D eigenvalue weighted by molar-refractivity contribution is 5.70. The number of phenolic OH excluding ortho intramolecular Hbond substituents is 1. The van der Waals surface area contributed by atoms with Crippen LogP contribution in [0.3, 0.4) is 0 Å². The number of hydrogen-bond acceptors (Lipinski definition) is 4. The zero-order chi connectivity index (χ0) is 11.5. The van der Waals surface area contributed by atoms with Crippen LogP contribution in [0, 0.1) is 5.92 Å². The van der Waals surface area contributed by atoms with E-state index in [0.29, 0.717) is 18.6 Å². The van der Waals surface area contributed by atoms with Gasteiger partial charge in [0.15, 0.2) is 0 Å². The average Bonchev–Trinajstić information content (AvgIpc) is 2.30. The van der Waals surface area contributed by atoms with Crippen LogP contribution in [0.2, 0.25) is 0 Å². The van der Waals surface area contributed by atoms with Gasteiger partial charge < -0.3 is 15.2 Å². The van der Waals surface area contributed by atoms with Crippen molar-refractivity contribution in [2.24, 2.45) is 5.92 Å². The summed E-state index contributed by atoms with van der Waals surface area (Å²) in [5.74, 6) is 0.276. The molecule has 0 aliphatic carbocycles. The number of aromatic hydroxyl groups is 1. The second kappa shape index (κ2) is 4.43. The summed E-state index contributed by atoms with van der Waals surface area (Å²) in [7, 11) is 1.39. The van der Waals surface area contributed by atoms with Crippen LogP contribution in [-0.4, -0.2) is 24.7 Å². The fourth-order valence-corrected chi connectivity index (χ4v) is 2.03. The van der Waals surface area contributed by atoms with E-state index < -0.39 is 0 Å². The van der Waals surface area contributed by atoms with E-state index in [4.69, 9.17) is 0 Å². The molecular weight excluding hydrogens is 206 g/mol. The number of esters is 1. The second-order valence-electron chi connectivity index (χ2n) is 4.03. The minimum atomic E-state index is -0.203. The number of anilines is 1. The summed E-state index contributed by atoms with van der Waals surface area (Å²) in [6, 6.07) is 5.41. The molecular formula is C12H15NO3. The molecule has 0 saturated carbocycles. The number of carbonyl (C=O) groups excluding carboxylic acids is 1. The predicted octanol–water partition coefficient (Wildman–Crippen LogP) is 1.54. The molecule has 16 heavy (non-hydrogen) atoms. The van der Waals surface area contributed by atoms with E-state index in [1.807, 2.05) is 12.1 Å². The van der Waals surface area contributed by atoms with Crippen molar-refractivity contribution in [1.82, 2.24) is 0 Å². The number of hydrogen-bond donors (Lipinski definition) is 2. The van der Waals surface area contributed by atoms with Crippen LogP contribution in [-0.2, 0) is 16.0 Å². The third-order valence-electron chi connectivity index (χ3n) is 2.91. The van der Waals surface area contributed by atoms with Crippen molar-refractivity contribution < 1.29 is 14.6 Å². The minimum Gasteiger partial charge on any atom is -0.508 e. The van der Waals surface area contributed by atoms with Crippen LogP contribution >= 0.6 is 0 Å². The lowest BCUT2D eigenvalue weighted by Gasteiger charge is -2.25. The first-order chi connectivity index (χ1) is 7.70. The quantitative estimate of drug-likeness (QED) is 0.744. The molecule has 1 aliphatic rings. The molecule has 0 bridgehead atoms. The smallest absolute Gasteiger partial charge is 0.305 e. The van der Waals surface area contributed by atoms with Gasteiger partial charge in [-0.3, -0.25) is 4.79 Å². The van der Waals surface area contributed by atoms with Gasteiger partial charge in [0.1, 0.15) is 5.75 Å². The van der Waals surface area contributed by atoms with Gasteiger partial charge in [-0.15, -0.1) is 0 Å². The lowest BCUT2D eigenvalue weighted by atomic mass is 9.91. The lowest BCUT2D eigenvalue weighted by molar-refractivity contribution is -0.141. The molecule has 0 radical (unpaired) electrons. The Morgan fingerprint density at radius 3 is 3.19 bits per heavy atom. The summed E-state index contributed by atoms with van der Waals surface area (Å²) in [6.07, 6.45) is 1.10. The van der Waals surface area contributed by atoms with Gasteiger partial charge in [-0.05, 0) is 24.5 Å². The first kappa shape index (κ1) is 10.8. The zero-order valence-electron chi connectivity index (χ0n) is 9.19. The largest absolute Gasteiger partial charge is 0.508 e. The van der Waals surface area contributed by atoms with Crippen molar-refractivity contribution in [2.45, 2.75) is 12.8 Å². The monoisotopic (exact) mass is 221 g/mol. The molecule has 86 valence electrons. The summed E-state index contributed by atoms with van der Waals surface area (Å²) in [5.41, 5.74) is 1.85. The average molecular weight is 221 g/mol. The first-order valence-corrected chi connectivity index (χ1v) is 5.32. The molecule has 0 saturated heterocycles. The van der Waals surface area contributed by atoms with E-state index in [1.165, 1.54) is 7.11 Å². The Bertz CT molecular complexity index is 403. The van der Waals surface area contributed by atoms with Crippen LogP contribution in [0.15, 0.2) is 18.2 Å². The Hall–Kier alpha value is -1.71. The SMILES string of the molecule is COC(=O)CC1CNc2cccc(O)c2C1. The number of rotatable bonds is 2. The molecule has 2 rings (SSSR count). The van der Waals surface area contributed by atoms with Crippen LogP contribution in [0.5, 0.6) is 5.75 Å². The molecule has 1 aliphatic heterocycles. The molecule has 0 spiro atoms. The van der Waals surface area contributed by atoms with Gasteiger partial charge >= 0.3 is 5.97 Å². The lowest BCUT2D eigenvalue weighted by Crippen LogP contribution is -2.25. The molecule has 0 amide bonds. The van der Waals surface area contributed by atoms with Crippen molar-refractivity contribution in [3.05, 3.63) is 23.8 Å². The fourth-order valence-electron chi connectivity index (χ4n) is 2.03. The summed E-state index contributed by atoms with van der Waals surface area (Å²) in [6.45, 7) is 0.742. The van der Waals surface area contributed by atoms with E-state index in [-0.39, 0.29) is 11.9 Å². The Labute approximate surface area is 94.2 Å². The van der Waals surface area contributed by atoms with Crippen molar-refractivity contribution in [3.63, 3.8) is 0 Å². The number of methoxy groups -OCH3 is 1. The number of phenols is 1. The van der Waals surface area contributed by atoms with Crippen LogP contribution < -0.4 is 5.32 Å². The molecule has 1 aromatic carbocycles. The highest BCUT2D eigenvalue weighted by Crippen LogP contribution is 2.32. The molecule has 0 aromatic heterocycles. The number of carbonyl (C=O) groups is 1. The summed E-state index contributed by atoms with van der Waals surface area (Å²) in [4.78, 5) is 11.2. The third kappa shape index (κ3) is 2.10. The molecule has 1 aromatic rings. The number of nitrogens with one attached hydrogen (secondary N) is 1. The Kier molecular flexibility index (Phi) is 2.99. The molecule has 2 N–H and O–H groups in total. The van der Waals surface area contributed by atoms with E-state index in [9.17, 15) is 9.90 Å². The maximum Gasteiger partial charge on any atom is 0.305 e. The molecule has 1 unspecified atom stereocenters. The van der Waals surface area contributed by atoms with Crippen LogP contribution in [0.25, 0.3) is 0 Å². The number of fused-ring (bicyclic) bond motifs is 1. The van der Waals surface area contributed by atoms with Crippen molar-refractivity contribution in [3.8, 4) is 5.75 Å². The minimum absolute atomic E-state index is 0.188. The highest BCUT2D eigenvalue weighted by Gasteiger charge is 2.22. The van der Waals surface area contributed by atoms with Crippen LogP contribution in [0.4, 0.5) is 5.69 Å². The Balaban J connectivity index is 2.11. The van der Waals surface area contributed by atoms with Crippen LogP contribution in [0.1, 0.15) is 12.0 Å². The first-order valence-electron chi connectivity index (χ1n) is 5.32. The van der Waals surface area contributed by atoms with Gasteiger partial charge in [-0.2, -0.15) is 0 Å². The standard InChI is InChI=1S/C12H15NO3/c1-16-12(15)6-8-5-9-10(13-7-8)3-2-4-11(9)14/h2-4,8,13-14H,5-7H2,1H3. The molecule has 4 nitrogen and oxygen atoms in total. The Morgan fingerprint density at radius 1 is 1.62 bits per heavy atom. The van der Waals surface area contributed by atoms with E-state index >= 15 is 0 Å². The van der Waals surface area contributed by atoms with E-state index in [0.717, 1.165) is 17.8 Å². The maximum atomic E-state index is 11.2. The fraction of sp³-hybridized carbons (Fsp3) is 0.417. The normalized spacial score (nSPS) is 18.4. The zero-order valence-corrected chi connectivity index (χ0v) is 9.19. The topological polar surface area (TPSA) is 58.6 Å². The molecule has 0 fully saturated rings. The summed E-state index contributed by atoms with van der Waals surface area (Å²) < 4.78 is 4.64. The number of benzene rings is 1. The van der Waals surface area contributed by atoms with Gasteiger partial charge in [-0.25, -0.2) is 0 Å². The van der Waals surface area contributed by atoms with Gasteiger partial charge in [0, 0.05) is 17.8 Å². The van der Waals surface area contributed by atoms with Gasteiger partial charge in [0.2, 0.25) is 0 Å². The van der Waals surface area contributed by atoms with E-state index in [2.05, 4.69) is 10.1 Å². The summed E-state index contributed by atoms with van der Waals surface area (Å²) in [5, 5.41) is 12.9. The van der Waals surface area contributed by atoms with Gasteiger partial charge in [-0.1, -0.05) is 6.07 Å². The van der Waals surface area contributed by atoms with Crippen molar-refractivity contribution in [1.29, 1.82) is 0 Å². The van der Waals surface area contributed by atoms with Gasteiger partial charge in [0.05, 0.1) is 13.5 Å². The number of ether oxygens (including phenoxy) is 1. The molecule has 1 heterocycles. The molecule has 4 heteroatoms. The summed E-state index contributed by atoms with van der Waals surface area (Å²) >= 11 is 0. The van der Waals surface area contributed by atoms with E-state index in [1.54, 1.807) is 6.07 Å². The predicted molar refractivity (Wildman–Crippen MR) is 60.4 cm³/mol. The van der Waals surface area contributed by atoms with Crippen molar-refractivity contribution in [2.75, 3.05) is 19.0 Å². The highest BCUT2D eigenvalue weighted by atomic mass is 16.5.